The zero-order valence-electron chi connectivity index (χ0n) is 10.2. The molecule has 0 amide bonds. The summed E-state index contributed by atoms with van der Waals surface area (Å²) < 4.78 is 0.882. The van der Waals surface area contributed by atoms with Crippen molar-refractivity contribution in [3.05, 3.63) is 11.3 Å². The summed E-state index contributed by atoms with van der Waals surface area (Å²) in [5.74, 6) is 1.43. The third-order valence-electron chi connectivity index (χ3n) is 2.04. The van der Waals surface area contributed by atoms with Crippen LogP contribution >= 0.6 is 23.1 Å². The molecule has 2 aromatic rings. The molecule has 96 valence electrons. The van der Waals surface area contributed by atoms with Crippen molar-refractivity contribution in [2.75, 3.05) is 24.7 Å². The lowest BCUT2D eigenvalue weighted by Crippen LogP contribution is -2.16. The molecule has 2 aromatic heterocycles. The van der Waals surface area contributed by atoms with E-state index in [0.29, 0.717) is 11.8 Å². The molecule has 0 aromatic carbocycles. The van der Waals surface area contributed by atoms with Gasteiger partial charge in [-0.2, -0.15) is 15.0 Å². The Kier molecular flexibility index (Phi) is 3.92. The second kappa shape index (κ2) is 5.44. The zero-order valence-corrected chi connectivity index (χ0v) is 11.9. The van der Waals surface area contributed by atoms with Gasteiger partial charge in [-0.25, -0.2) is 0 Å². The molecule has 0 aliphatic rings. The Morgan fingerprint density at radius 2 is 2.11 bits per heavy atom. The molecule has 9 heteroatoms. The van der Waals surface area contributed by atoms with Gasteiger partial charge in [-0.05, 0) is 6.92 Å². The topological polar surface area (TPSA) is 93.7 Å². The Morgan fingerprint density at radius 3 is 2.72 bits per heavy atom. The molecule has 0 saturated carbocycles. The fourth-order valence-corrected chi connectivity index (χ4v) is 2.87. The van der Waals surface area contributed by atoms with E-state index in [1.54, 1.807) is 22.2 Å². The molecule has 2 N–H and O–H groups in total. The number of rotatable bonds is 4. The molecule has 1 atom stereocenters. The van der Waals surface area contributed by atoms with Gasteiger partial charge in [0.1, 0.15) is 11.3 Å². The van der Waals surface area contributed by atoms with Crippen molar-refractivity contribution in [3.63, 3.8) is 0 Å². The van der Waals surface area contributed by atoms with Gasteiger partial charge in [0, 0.05) is 14.1 Å². The quantitative estimate of drug-likeness (QED) is 0.837. The predicted molar refractivity (Wildman–Crippen MR) is 72.7 cm³/mol. The molecule has 0 saturated heterocycles. The monoisotopic (exact) mass is 283 g/mol. The normalized spacial score (nSPS) is 12.4. The molecule has 2 heterocycles. The van der Waals surface area contributed by atoms with Gasteiger partial charge in [-0.3, -0.25) is 0 Å². The molecular weight excluding hydrogens is 270 g/mol. The first-order valence-corrected chi connectivity index (χ1v) is 6.94. The van der Waals surface area contributed by atoms with Crippen LogP contribution < -0.4 is 10.6 Å². The maximum absolute atomic E-state index is 5.68. The fourth-order valence-electron chi connectivity index (χ4n) is 1.20. The summed E-state index contributed by atoms with van der Waals surface area (Å²) in [5, 5.41) is 7.82. The maximum Gasteiger partial charge on any atom is 0.229 e. The highest BCUT2D eigenvalue weighted by molar-refractivity contribution is 8.01. The Bertz CT molecular complexity index is 514. The minimum Gasteiger partial charge on any atom is -0.368 e. The molecule has 0 aliphatic carbocycles. The lowest BCUT2D eigenvalue weighted by Gasteiger charge is -2.13. The van der Waals surface area contributed by atoms with E-state index in [4.69, 9.17) is 5.73 Å². The van der Waals surface area contributed by atoms with Gasteiger partial charge >= 0.3 is 0 Å². The van der Waals surface area contributed by atoms with Crippen molar-refractivity contribution in [1.82, 2.24) is 25.1 Å². The van der Waals surface area contributed by atoms with Crippen LogP contribution in [0.1, 0.15) is 18.0 Å². The van der Waals surface area contributed by atoms with Crippen LogP contribution in [0.3, 0.4) is 0 Å². The molecule has 0 unspecified atom stereocenters. The van der Waals surface area contributed by atoms with Crippen molar-refractivity contribution in [2.45, 2.75) is 16.5 Å². The fraction of sp³-hybridized carbons (Fsp3) is 0.444. The Hall–Kier alpha value is -1.48. The summed E-state index contributed by atoms with van der Waals surface area (Å²) in [6.45, 7) is 2.00. The largest absolute Gasteiger partial charge is 0.368 e. The molecule has 0 fully saturated rings. The minimum atomic E-state index is 0.0435. The third-order valence-corrected chi connectivity index (χ3v) is 3.95. The lowest BCUT2D eigenvalue weighted by molar-refractivity contribution is 0.863. The van der Waals surface area contributed by atoms with E-state index in [9.17, 15) is 0 Å². The summed E-state index contributed by atoms with van der Waals surface area (Å²) in [6, 6.07) is 0. The Morgan fingerprint density at radius 1 is 1.33 bits per heavy atom. The van der Waals surface area contributed by atoms with Crippen LogP contribution in [-0.2, 0) is 0 Å². The highest BCUT2D eigenvalue weighted by atomic mass is 32.2. The van der Waals surface area contributed by atoms with Crippen molar-refractivity contribution in [1.29, 1.82) is 0 Å². The van der Waals surface area contributed by atoms with Crippen molar-refractivity contribution in [3.8, 4) is 0 Å². The van der Waals surface area contributed by atoms with Gasteiger partial charge < -0.3 is 10.6 Å². The Balaban J connectivity index is 2.21. The average molecular weight is 283 g/mol. The number of hydrogen-bond acceptors (Lipinski definition) is 9. The first-order chi connectivity index (χ1) is 8.56. The second-order valence-electron chi connectivity index (χ2n) is 3.71. The van der Waals surface area contributed by atoms with Gasteiger partial charge in [0.25, 0.3) is 0 Å². The second-order valence-corrected chi connectivity index (χ2v) is 6.13. The molecule has 0 bridgehead atoms. The number of aromatic nitrogens is 5. The predicted octanol–water partition coefficient (Wildman–Crippen LogP) is 1.22. The summed E-state index contributed by atoms with van der Waals surface area (Å²) >= 11 is 3.04. The van der Waals surface area contributed by atoms with E-state index < -0.39 is 0 Å². The number of thioether (sulfide) groups is 1. The van der Waals surface area contributed by atoms with Crippen LogP contribution in [0.5, 0.6) is 0 Å². The SMILES string of the molecule is C[C@H](Sc1nncs1)c1nc(N)nc(N(C)C)n1. The number of anilines is 2. The molecule has 0 aliphatic heterocycles. The van der Waals surface area contributed by atoms with Gasteiger partial charge in [-0.1, -0.05) is 23.1 Å². The van der Waals surface area contributed by atoms with Gasteiger partial charge in [0.05, 0.1) is 5.25 Å². The van der Waals surface area contributed by atoms with Gasteiger partial charge in [0.2, 0.25) is 11.9 Å². The highest BCUT2D eigenvalue weighted by Gasteiger charge is 2.15. The molecule has 18 heavy (non-hydrogen) atoms. The summed E-state index contributed by atoms with van der Waals surface area (Å²) in [7, 11) is 3.72. The van der Waals surface area contributed by atoms with Crippen LogP contribution in [0.4, 0.5) is 11.9 Å². The zero-order chi connectivity index (χ0) is 13.1. The third kappa shape index (κ3) is 3.05. The molecule has 2 rings (SSSR count). The number of nitrogen functional groups attached to an aromatic ring is 1. The van der Waals surface area contributed by atoms with Crippen LogP contribution in [-0.4, -0.2) is 39.2 Å². The standard InChI is InChI=1S/C9H13N7S2/c1-5(18-9-15-11-4-17-9)6-12-7(10)14-8(13-6)16(2)3/h4-5H,1-3H3,(H2,10,12,13,14)/t5-/m0/s1. The lowest BCUT2D eigenvalue weighted by atomic mass is 10.4. The molecular formula is C9H13N7S2. The molecule has 0 spiro atoms. The van der Waals surface area contributed by atoms with Crippen LogP contribution in [0, 0.1) is 0 Å². The van der Waals surface area contributed by atoms with E-state index >= 15 is 0 Å². The highest BCUT2D eigenvalue weighted by Crippen LogP contribution is 2.33. The molecule has 7 nitrogen and oxygen atoms in total. The van der Waals surface area contributed by atoms with Gasteiger partial charge in [-0.15, -0.1) is 10.2 Å². The van der Waals surface area contributed by atoms with Crippen LogP contribution in [0.2, 0.25) is 0 Å². The first kappa shape index (κ1) is 13.0. The Labute approximate surface area is 113 Å². The summed E-state index contributed by atoms with van der Waals surface area (Å²) in [6.07, 6.45) is 0. The van der Waals surface area contributed by atoms with Gasteiger partial charge in [0.15, 0.2) is 4.34 Å². The van der Waals surface area contributed by atoms with E-state index in [1.807, 2.05) is 21.0 Å². The number of nitrogens with zero attached hydrogens (tertiary/aromatic N) is 6. The first-order valence-electron chi connectivity index (χ1n) is 5.18. The smallest absolute Gasteiger partial charge is 0.229 e. The molecule has 0 radical (unpaired) electrons. The number of hydrogen-bond donors (Lipinski definition) is 1. The van der Waals surface area contributed by atoms with Crippen LogP contribution in [0.25, 0.3) is 0 Å². The van der Waals surface area contributed by atoms with Crippen molar-refractivity contribution >= 4 is 35.0 Å². The van der Waals surface area contributed by atoms with E-state index in [0.717, 1.165) is 4.34 Å². The van der Waals surface area contributed by atoms with Crippen LogP contribution in [0.15, 0.2) is 9.85 Å². The maximum atomic E-state index is 5.68. The number of nitrogens with two attached hydrogens (primary N) is 1. The van der Waals surface area contributed by atoms with Crippen molar-refractivity contribution in [2.24, 2.45) is 0 Å². The van der Waals surface area contributed by atoms with E-state index in [1.165, 1.54) is 11.3 Å². The minimum absolute atomic E-state index is 0.0435. The van der Waals surface area contributed by atoms with Crippen molar-refractivity contribution < 1.29 is 0 Å². The summed E-state index contributed by atoms with van der Waals surface area (Å²) in [5.41, 5.74) is 7.38. The van der Waals surface area contributed by atoms with E-state index in [-0.39, 0.29) is 11.2 Å². The summed E-state index contributed by atoms with van der Waals surface area (Å²) in [4.78, 5) is 14.4. The van der Waals surface area contributed by atoms with E-state index in [2.05, 4.69) is 25.1 Å². The average Bonchev–Trinajstić information content (AvgIpc) is 2.80.